The number of pyridine rings is 1. The molecule has 0 unspecified atom stereocenters. The second-order valence-corrected chi connectivity index (χ2v) is 5.63. The largest absolute Gasteiger partial charge is 0.287 e. The summed E-state index contributed by atoms with van der Waals surface area (Å²) in [6, 6.07) is 4.02. The molecule has 2 aromatic heterocycles. The monoisotopic (exact) mass is 251 g/mol. The van der Waals surface area contributed by atoms with Gasteiger partial charge in [0.15, 0.2) is 21.8 Å². The van der Waals surface area contributed by atoms with E-state index in [1.807, 2.05) is 41.5 Å². The van der Waals surface area contributed by atoms with E-state index >= 15 is 0 Å². The van der Waals surface area contributed by atoms with Crippen LogP contribution < -0.4 is 4.57 Å². The summed E-state index contributed by atoms with van der Waals surface area (Å²) in [6.45, 7) is 1.55. The molecule has 0 N–H and O–H groups in total. The normalized spacial score (nSPS) is 10.4. The van der Waals surface area contributed by atoms with Gasteiger partial charge in [0, 0.05) is 30.0 Å². The van der Waals surface area contributed by atoms with E-state index in [-0.39, 0.29) is 5.12 Å². The lowest BCUT2D eigenvalue weighted by atomic mass is 10.2. The number of hydrogen-bond donors (Lipinski definition) is 0. The number of aryl methyl sites for hydroxylation is 1. The van der Waals surface area contributed by atoms with E-state index in [2.05, 4.69) is 4.98 Å². The number of thioether (sulfide) groups is 1. The molecule has 16 heavy (non-hydrogen) atoms. The SMILES string of the molecule is CC(=O)Sc1nc(-c2cc[n+](C)cc2)cs1. The molecule has 2 heterocycles. The smallest absolute Gasteiger partial charge is 0.192 e. The van der Waals surface area contributed by atoms with E-state index in [9.17, 15) is 4.79 Å². The zero-order valence-electron chi connectivity index (χ0n) is 9.01. The first kappa shape index (κ1) is 11.3. The Morgan fingerprint density at radius 3 is 2.75 bits per heavy atom. The number of rotatable bonds is 2. The van der Waals surface area contributed by atoms with Gasteiger partial charge in [-0.1, -0.05) is 0 Å². The second-order valence-electron chi connectivity index (χ2n) is 3.34. The maximum atomic E-state index is 10.9. The fourth-order valence-corrected chi connectivity index (χ4v) is 2.86. The van der Waals surface area contributed by atoms with E-state index in [1.165, 1.54) is 23.1 Å². The third-order valence-corrected chi connectivity index (χ3v) is 3.71. The molecule has 0 aliphatic heterocycles. The van der Waals surface area contributed by atoms with Crippen LogP contribution in [0, 0.1) is 0 Å². The van der Waals surface area contributed by atoms with Crippen LogP contribution in [0.25, 0.3) is 11.3 Å². The van der Waals surface area contributed by atoms with Crippen molar-refractivity contribution in [2.45, 2.75) is 11.3 Å². The van der Waals surface area contributed by atoms with Gasteiger partial charge in [-0.15, -0.1) is 11.3 Å². The van der Waals surface area contributed by atoms with Gasteiger partial charge < -0.3 is 0 Å². The number of carbonyl (C=O) groups is 1. The first-order chi connectivity index (χ1) is 7.65. The van der Waals surface area contributed by atoms with Gasteiger partial charge in [-0.05, 0) is 11.8 Å². The molecule has 0 fully saturated rings. The van der Waals surface area contributed by atoms with Gasteiger partial charge in [-0.3, -0.25) is 4.79 Å². The van der Waals surface area contributed by atoms with Crippen molar-refractivity contribution >= 4 is 28.2 Å². The van der Waals surface area contributed by atoms with E-state index in [0.29, 0.717) is 0 Å². The second kappa shape index (κ2) is 4.76. The topological polar surface area (TPSA) is 33.8 Å². The van der Waals surface area contributed by atoms with Crippen LogP contribution in [0.5, 0.6) is 0 Å². The molecule has 2 aromatic rings. The van der Waals surface area contributed by atoms with Gasteiger partial charge in [-0.25, -0.2) is 9.55 Å². The molecule has 0 saturated carbocycles. The highest BCUT2D eigenvalue weighted by Gasteiger charge is 2.07. The third kappa shape index (κ3) is 2.68. The molecule has 3 nitrogen and oxygen atoms in total. The highest BCUT2D eigenvalue weighted by atomic mass is 32.2. The highest BCUT2D eigenvalue weighted by molar-refractivity contribution is 8.14. The van der Waals surface area contributed by atoms with E-state index < -0.39 is 0 Å². The van der Waals surface area contributed by atoms with Crippen LogP contribution in [-0.4, -0.2) is 10.1 Å². The minimum absolute atomic E-state index is 0.0698. The van der Waals surface area contributed by atoms with Crippen LogP contribution in [0.4, 0.5) is 0 Å². The highest BCUT2D eigenvalue weighted by Crippen LogP contribution is 2.27. The lowest BCUT2D eigenvalue weighted by Gasteiger charge is -1.93. The Labute approximate surface area is 102 Å². The van der Waals surface area contributed by atoms with Crippen LogP contribution in [0.1, 0.15) is 6.92 Å². The minimum Gasteiger partial charge on any atom is -0.287 e. The minimum atomic E-state index is 0.0698. The third-order valence-electron chi connectivity index (χ3n) is 1.99. The molecule has 0 atom stereocenters. The summed E-state index contributed by atoms with van der Waals surface area (Å²) in [5.74, 6) is 0. The van der Waals surface area contributed by atoms with Crippen molar-refractivity contribution in [1.29, 1.82) is 0 Å². The number of thiazole rings is 1. The van der Waals surface area contributed by atoms with E-state index in [0.717, 1.165) is 15.6 Å². The first-order valence-electron chi connectivity index (χ1n) is 4.75. The maximum Gasteiger partial charge on any atom is 0.192 e. The molecule has 2 rings (SSSR count). The summed E-state index contributed by atoms with van der Waals surface area (Å²) in [5, 5.41) is 2.04. The van der Waals surface area contributed by atoms with Crippen LogP contribution in [-0.2, 0) is 11.8 Å². The molecule has 0 bridgehead atoms. The first-order valence-corrected chi connectivity index (χ1v) is 6.44. The summed E-state index contributed by atoms with van der Waals surface area (Å²) >= 11 is 2.68. The summed E-state index contributed by atoms with van der Waals surface area (Å²) in [4.78, 5) is 15.3. The zero-order chi connectivity index (χ0) is 11.5. The Hall–Kier alpha value is -1.20. The van der Waals surface area contributed by atoms with E-state index in [4.69, 9.17) is 0 Å². The maximum absolute atomic E-state index is 10.9. The van der Waals surface area contributed by atoms with Gasteiger partial charge in [0.1, 0.15) is 7.05 Å². The predicted octanol–water partition coefficient (Wildman–Crippen LogP) is 2.27. The predicted molar refractivity (Wildman–Crippen MR) is 65.3 cm³/mol. The van der Waals surface area contributed by atoms with Crippen molar-refractivity contribution < 1.29 is 9.36 Å². The molecule has 0 radical (unpaired) electrons. The molecular weight excluding hydrogens is 240 g/mol. The number of nitrogens with zero attached hydrogens (tertiary/aromatic N) is 2. The van der Waals surface area contributed by atoms with Crippen LogP contribution >= 0.6 is 23.1 Å². The summed E-state index contributed by atoms with van der Waals surface area (Å²) in [7, 11) is 1.97. The molecule has 0 saturated heterocycles. The van der Waals surface area contributed by atoms with Crippen LogP contribution in [0.2, 0.25) is 0 Å². The zero-order valence-corrected chi connectivity index (χ0v) is 10.6. The molecular formula is C11H11N2OS2+. The molecule has 5 heteroatoms. The standard InChI is InChI=1S/C11H11N2OS2/c1-8(14)16-11-12-10(7-15-11)9-3-5-13(2)6-4-9/h3-7H,1-2H3/q+1. The lowest BCUT2D eigenvalue weighted by Crippen LogP contribution is -2.25. The number of hydrogen-bond acceptors (Lipinski definition) is 4. The number of carbonyl (C=O) groups excluding carboxylic acids is 1. The lowest BCUT2D eigenvalue weighted by molar-refractivity contribution is -0.671. The van der Waals surface area contributed by atoms with Crippen molar-refractivity contribution in [2.75, 3.05) is 0 Å². The fourth-order valence-electron chi connectivity index (χ4n) is 1.23. The Balaban J connectivity index is 2.24. The molecule has 0 spiro atoms. The molecule has 0 aliphatic carbocycles. The van der Waals surface area contributed by atoms with Crippen molar-refractivity contribution in [3.05, 3.63) is 29.9 Å². The Morgan fingerprint density at radius 2 is 2.12 bits per heavy atom. The summed E-state index contributed by atoms with van der Waals surface area (Å²) in [5.41, 5.74) is 2.00. The molecule has 0 amide bonds. The Kier molecular flexibility index (Phi) is 3.36. The van der Waals surface area contributed by atoms with Crippen LogP contribution in [0.3, 0.4) is 0 Å². The summed E-state index contributed by atoms with van der Waals surface area (Å²) < 4.78 is 2.77. The Morgan fingerprint density at radius 1 is 1.44 bits per heavy atom. The average Bonchev–Trinajstić information content (AvgIpc) is 2.66. The van der Waals surface area contributed by atoms with Crippen molar-refractivity contribution in [1.82, 2.24) is 4.98 Å². The average molecular weight is 251 g/mol. The fraction of sp³-hybridized carbons (Fsp3) is 0.182. The van der Waals surface area contributed by atoms with Gasteiger partial charge in [0.2, 0.25) is 0 Å². The van der Waals surface area contributed by atoms with Gasteiger partial charge in [0.25, 0.3) is 0 Å². The quantitative estimate of drug-likeness (QED) is 0.606. The number of aromatic nitrogens is 2. The van der Waals surface area contributed by atoms with Crippen molar-refractivity contribution in [2.24, 2.45) is 7.05 Å². The van der Waals surface area contributed by atoms with Crippen LogP contribution in [0.15, 0.2) is 34.2 Å². The molecule has 0 aliphatic rings. The molecule has 0 aromatic carbocycles. The van der Waals surface area contributed by atoms with Crippen molar-refractivity contribution in [3.8, 4) is 11.3 Å². The van der Waals surface area contributed by atoms with Gasteiger partial charge >= 0.3 is 0 Å². The summed E-state index contributed by atoms with van der Waals surface area (Å²) in [6.07, 6.45) is 3.96. The van der Waals surface area contributed by atoms with Gasteiger partial charge in [0.05, 0.1) is 5.69 Å². The molecule has 82 valence electrons. The van der Waals surface area contributed by atoms with Gasteiger partial charge in [-0.2, -0.15) is 0 Å². The Bertz CT molecular complexity index is 505. The van der Waals surface area contributed by atoms with E-state index in [1.54, 1.807) is 6.92 Å². The van der Waals surface area contributed by atoms with Crippen molar-refractivity contribution in [3.63, 3.8) is 0 Å².